The summed E-state index contributed by atoms with van der Waals surface area (Å²) in [5.74, 6) is 0.449. The molecule has 0 saturated heterocycles. The van der Waals surface area contributed by atoms with Crippen LogP contribution in [0.15, 0.2) is 22.7 Å². The summed E-state index contributed by atoms with van der Waals surface area (Å²) in [5, 5.41) is 0. The lowest BCUT2D eigenvalue weighted by atomic mass is 9.87. The van der Waals surface area contributed by atoms with E-state index in [1.54, 1.807) is 6.07 Å². The van der Waals surface area contributed by atoms with Gasteiger partial charge in [-0.25, -0.2) is 4.39 Å². The molecule has 1 aromatic carbocycles. The second-order valence-electron chi connectivity index (χ2n) is 4.77. The molecule has 0 heterocycles. The van der Waals surface area contributed by atoms with E-state index in [-0.39, 0.29) is 5.82 Å². The van der Waals surface area contributed by atoms with E-state index in [9.17, 15) is 4.39 Å². The standard InChI is InChI=1S/C13H17BrFN/c1-2-9-6-7-13(16,8-9)10-4-3-5-11(14)12(10)15/h3-5,9H,2,6-8,16H2,1H3. The molecular formula is C13H17BrFN. The average Bonchev–Trinajstić information content (AvgIpc) is 2.65. The lowest BCUT2D eigenvalue weighted by molar-refractivity contribution is 0.404. The van der Waals surface area contributed by atoms with Crippen LogP contribution < -0.4 is 5.73 Å². The van der Waals surface area contributed by atoms with Gasteiger partial charge in [0.05, 0.1) is 4.47 Å². The van der Waals surface area contributed by atoms with Gasteiger partial charge in [-0.05, 0) is 47.2 Å². The fraction of sp³-hybridized carbons (Fsp3) is 0.538. The fourth-order valence-corrected chi connectivity index (χ4v) is 3.03. The quantitative estimate of drug-likeness (QED) is 0.875. The van der Waals surface area contributed by atoms with Crippen LogP contribution in [0.2, 0.25) is 0 Å². The predicted molar refractivity (Wildman–Crippen MR) is 67.6 cm³/mol. The molecule has 0 bridgehead atoms. The van der Waals surface area contributed by atoms with Gasteiger partial charge in [0.25, 0.3) is 0 Å². The van der Waals surface area contributed by atoms with Gasteiger partial charge in [-0.2, -0.15) is 0 Å². The molecule has 1 fully saturated rings. The first kappa shape index (κ1) is 12.1. The Hall–Kier alpha value is -0.410. The SMILES string of the molecule is CCC1CCC(N)(c2cccc(Br)c2F)C1. The van der Waals surface area contributed by atoms with Crippen LogP contribution in [0, 0.1) is 11.7 Å². The monoisotopic (exact) mass is 285 g/mol. The second kappa shape index (κ2) is 4.46. The number of hydrogen-bond donors (Lipinski definition) is 1. The molecule has 3 heteroatoms. The van der Waals surface area contributed by atoms with Crippen molar-refractivity contribution in [3.63, 3.8) is 0 Å². The molecule has 1 saturated carbocycles. The molecule has 0 amide bonds. The van der Waals surface area contributed by atoms with Crippen molar-refractivity contribution in [2.75, 3.05) is 0 Å². The van der Waals surface area contributed by atoms with E-state index in [1.165, 1.54) is 0 Å². The summed E-state index contributed by atoms with van der Waals surface area (Å²) in [5.41, 5.74) is 6.56. The second-order valence-corrected chi connectivity index (χ2v) is 5.63. The number of halogens is 2. The summed E-state index contributed by atoms with van der Waals surface area (Å²) >= 11 is 3.22. The third kappa shape index (κ3) is 2.03. The zero-order chi connectivity index (χ0) is 11.8. The van der Waals surface area contributed by atoms with Gasteiger partial charge in [-0.3, -0.25) is 0 Å². The normalized spacial score (nSPS) is 29.6. The Morgan fingerprint density at radius 1 is 1.56 bits per heavy atom. The first-order valence-electron chi connectivity index (χ1n) is 5.80. The van der Waals surface area contributed by atoms with Crippen LogP contribution in [0.1, 0.15) is 38.2 Å². The van der Waals surface area contributed by atoms with Crippen molar-refractivity contribution in [3.8, 4) is 0 Å². The highest BCUT2D eigenvalue weighted by Crippen LogP contribution is 2.43. The molecule has 2 rings (SSSR count). The first-order valence-corrected chi connectivity index (χ1v) is 6.59. The largest absolute Gasteiger partial charge is 0.321 e. The van der Waals surface area contributed by atoms with Gasteiger partial charge in [0, 0.05) is 11.1 Å². The number of rotatable bonds is 2. The van der Waals surface area contributed by atoms with E-state index in [0.717, 1.165) is 25.7 Å². The van der Waals surface area contributed by atoms with Crippen LogP contribution in [-0.2, 0) is 5.54 Å². The van der Waals surface area contributed by atoms with Gasteiger partial charge in [0.2, 0.25) is 0 Å². The number of hydrogen-bond acceptors (Lipinski definition) is 1. The van der Waals surface area contributed by atoms with E-state index >= 15 is 0 Å². The van der Waals surface area contributed by atoms with Crippen LogP contribution in [0.5, 0.6) is 0 Å². The zero-order valence-corrected chi connectivity index (χ0v) is 11.1. The topological polar surface area (TPSA) is 26.0 Å². The molecule has 1 aliphatic carbocycles. The van der Waals surface area contributed by atoms with Gasteiger partial charge in [0.15, 0.2) is 0 Å². The Kier molecular flexibility index (Phi) is 3.36. The van der Waals surface area contributed by atoms with Gasteiger partial charge in [0.1, 0.15) is 5.82 Å². The van der Waals surface area contributed by atoms with E-state index < -0.39 is 5.54 Å². The Morgan fingerprint density at radius 2 is 2.31 bits per heavy atom. The van der Waals surface area contributed by atoms with Crippen molar-refractivity contribution < 1.29 is 4.39 Å². The predicted octanol–water partition coefficient (Wildman–Crippen LogP) is 3.95. The minimum atomic E-state index is -0.464. The van der Waals surface area contributed by atoms with Crippen molar-refractivity contribution in [1.82, 2.24) is 0 Å². The van der Waals surface area contributed by atoms with Crippen LogP contribution in [0.3, 0.4) is 0 Å². The van der Waals surface area contributed by atoms with Crippen molar-refractivity contribution >= 4 is 15.9 Å². The Labute approximate surface area is 104 Å². The molecule has 0 radical (unpaired) electrons. The van der Waals surface area contributed by atoms with E-state index in [2.05, 4.69) is 22.9 Å². The van der Waals surface area contributed by atoms with Gasteiger partial charge in [-0.1, -0.05) is 25.5 Å². The molecule has 2 unspecified atom stereocenters. The van der Waals surface area contributed by atoms with Crippen molar-refractivity contribution in [2.24, 2.45) is 11.7 Å². The molecule has 0 spiro atoms. The molecule has 2 atom stereocenters. The molecule has 1 nitrogen and oxygen atoms in total. The maximum atomic E-state index is 14.0. The number of nitrogens with two attached hydrogens (primary N) is 1. The maximum Gasteiger partial charge on any atom is 0.142 e. The molecular weight excluding hydrogens is 269 g/mol. The lowest BCUT2D eigenvalue weighted by Gasteiger charge is -2.25. The van der Waals surface area contributed by atoms with E-state index in [0.29, 0.717) is 16.0 Å². The van der Waals surface area contributed by atoms with E-state index in [4.69, 9.17) is 5.73 Å². The minimum absolute atomic E-state index is 0.193. The van der Waals surface area contributed by atoms with Crippen LogP contribution in [-0.4, -0.2) is 0 Å². The molecule has 2 N–H and O–H groups in total. The zero-order valence-electron chi connectivity index (χ0n) is 9.47. The van der Waals surface area contributed by atoms with Crippen LogP contribution >= 0.6 is 15.9 Å². The summed E-state index contributed by atoms with van der Waals surface area (Å²) in [7, 11) is 0. The highest BCUT2D eigenvalue weighted by Gasteiger charge is 2.38. The van der Waals surface area contributed by atoms with Gasteiger partial charge < -0.3 is 5.73 Å². The van der Waals surface area contributed by atoms with Gasteiger partial charge >= 0.3 is 0 Å². The van der Waals surface area contributed by atoms with Crippen molar-refractivity contribution in [2.45, 2.75) is 38.1 Å². The summed E-state index contributed by atoms with van der Waals surface area (Å²) in [6.45, 7) is 2.17. The lowest BCUT2D eigenvalue weighted by Crippen LogP contribution is -2.34. The fourth-order valence-electron chi connectivity index (χ4n) is 2.66. The molecule has 0 aromatic heterocycles. The Bertz CT molecular complexity index is 394. The van der Waals surface area contributed by atoms with Crippen molar-refractivity contribution in [3.05, 3.63) is 34.1 Å². The third-order valence-electron chi connectivity index (χ3n) is 3.72. The Morgan fingerprint density at radius 3 is 2.94 bits per heavy atom. The van der Waals surface area contributed by atoms with Crippen LogP contribution in [0.4, 0.5) is 4.39 Å². The summed E-state index contributed by atoms with van der Waals surface area (Å²) in [6, 6.07) is 5.39. The summed E-state index contributed by atoms with van der Waals surface area (Å²) in [6.07, 6.45) is 4.03. The van der Waals surface area contributed by atoms with Crippen LogP contribution in [0.25, 0.3) is 0 Å². The summed E-state index contributed by atoms with van der Waals surface area (Å²) < 4.78 is 14.5. The van der Waals surface area contributed by atoms with E-state index in [1.807, 2.05) is 12.1 Å². The average molecular weight is 286 g/mol. The smallest absolute Gasteiger partial charge is 0.142 e. The molecule has 88 valence electrons. The highest BCUT2D eigenvalue weighted by atomic mass is 79.9. The number of benzene rings is 1. The van der Waals surface area contributed by atoms with Crippen molar-refractivity contribution in [1.29, 1.82) is 0 Å². The first-order chi connectivity index (χ1) is 7.57. The Balaban J connectivity index is 2.34. The molecule has 1 aliphatic rings. The van der Waals surface area contributed by atoms with Gasteiger partial charge in [-0.15, -0.1) is 0 Å². The molecule has 0 aliphatic heterocycles. The third-order valence-corrected chi connectivity index (χ3v) is 4.33. The summed E-state index contributed by atoms with van der Waals surface area (Å²) in [4.78, 5) is 0. The minimum Gasteiger partial charge on any atom is -0.321 e. The maximum absolute atomic E-state index is 14.0. The molecule has 1 aromatic rings. The molecule has 16 heavy (non-hydrogen) atoms. The highest BCUT2D eigenvalue weighted by molar-refractivity contribution is 9.10.